The summed E-state index contributed by atoms with van der Waals surface area (Å²) < 4.78 is 7.66. The van der Waals surface area contributed by atoms with E-state index in [0.29, 0.717) is 69.2 Å². The molecule has 4 aromatic heterocycles. The number of carbonyl (C=O) groups is 4. The number of carboxylic acid groups (broad SMARTS) is 4. The van der Waals surface area contributed by atoms with Gasteiger partial charge in [0.1, 0.15) is 42.5 Å². The minimum atomic E-state index is -1.41. The molecule has 0 aliphatic rings. The average Bonchev–Trinajstić information content (AvgIpc) is 4.01. The SMILES string of the molecule is CCCCc1nc(C(=O)[O-])c(Cl)n1Cc1ccc2nn(-c3ccccc3C(=O)O)c(Br)c2c1.CCCCc1nc(C(=O)[O-])c(Cl)n1Cc1ccc2nn(-c3ccccc3C(=O)O)c(Br)c2c1.[Na+].[Na+]. The Morgan fingerprint density at radius 2 is 0.971 bits per heavy atom. The number of nitrogens with zero attached hydrogens (tertiary/aromatic N) is 8. The summed E-state index contributed by atoms with van der Waals surface area (Å²) >= 11 is 19.8. The van der Waals surface area contributed by atoms with Crippen molar-refractivity contribution in [3.63, 3.8) is 0 Å². The second-order valence-corrected chi connectivity index (χ2v) is 17.3. The number of para-hydroxylation sites is 2. The molecule has 0 atom stereocenters. The molecule has 0 fully saturated rings. The third-order valence-corrected chi connectivity index (χ3v) is 12.9. The van der Waals surface area contributed by atoms with E-state index in [2.05, 4.69) is 52.0 Å². The molecule has 0 aliphatic heterocycles. The number of carboxylic acids is 4. The second kappa shape index (κ2) is 24.0. The zero-order valence-electron chi connectivity index (χ0n) is 37.2. The van der Waals surface area contributed by atoms with Crippen LogP contribution in [0.1, 0.15) is 104 Å². The van der Waals surface area contributed by atoms with Gasteiger partial charge in [0.2, 0.25) is 0 Å². The number of aromatic nitrogens is 8. The maximum Gasteiger partial charge on any atom is 1.00 e. The first-order valence-electron chi connectivity index (χ1n) is 20.6. The Morgan fingerprint density at radius 3 is 1.31 bits per heavy atom. The van der Waals surface area contributed by atoms with Gasteiger partial charge < -0.3 is 39.1 Å². The van der Waals surface area contributed by atoms with E-state index in [1.807, 2.05) is 50.2 Å². The molecule has 0 unspecified atom stereocenters. The molecule has 68 heavy (non-hydrogen) atoms. The van der Waals surface area contributed by atoms with Crippen LogP contribution < -0.4 is 69.3 Å². The van der Waals surface area contributed by atoms with Crippen LogP contribution in [0.4, 0.5) is 0 Å². The van der Waals surface area contributed by atoms with Crippen LogP contribution in [0, 0.1) is 0 Å². The molecule has 4 aromatic carbocycles. The first-order chi connectivity index (χ1) is 31.6. The molecule has 0 saturated heterocycles. The topological polar surface area (TPSA) is 226 Å². The van der Waals surface area contributed by atoms with Crippen molar-refractivity contribution < 1.29 is 98.7 Å². The number of fused-ring (bicyclic) bond motifs is 2. The van der Waals surface area contributed by atoms with Gasteiger partial charge in [0.15, 0.2) is 0 Å². The second-order valence-electron chi connectivity index (χ2n) is 15.0. The third-order valence-electron chi connectivity index (χ3n) is 10.6. The molecular formula is C46H38Br2Cl2N8Na2O8. The van der Waals surface area contributed by atoms with Crippen LogP contribution in [0.15, 0.2) is 94.1 Å². The summed E-state index contributed by atoms with van der Waals surface area (Å²) in [4.78, 5) is 54.5. The van der Waals surface area contributed by atoms with Crippen molar-refractivity contribution in [2.24, 2.45) is 0 Å². The van der Waals surface area contributed by atoms with Gasteiger partial charge in [-0.25, -0.2) is 28.9 Å². The van der Waals surface area contributed by atoms with E-state index >= 15 is 0 Å². The van der Waals surface area contributed by atoms with Gasteiger partial charge in [-0.2, -0.15) is 10.2 Å². The number of carbonyl (C=O) groups excluding carboxylic acids is 2. The number of hydrogen-bond donors (Lipinski definition) is 2. The molecule has 0 radical (unpaired) electrons. The number of benzene rings is 4. The van der Waals surface area contributed by atoms with E-state index in [-0.39, 0.29) is 91.9 Å². The van der Waals surface area contributed by atoms with Crippen LogP contribution in [0.5, 0.6) is 0 Å². The number of halogens is 4. The Kier molecular flexibility index (Phi) is 19.3. The molecule has 0 spiro atoms. The molecule has 340 valence electrons. The van der Waals surface area contributed by atoms with E-state index in [1.54, 1.807) is 54.9 Å². The van der Waals surface area contributed by atoms with Gasteiger partial charge in [0.05, 0.1) is 58.6 Å². The molecule has 0 bridgehead atoms. The Balaban J connectivity index is 0.000000247. The normalized spacial score (nSPS) is 10.9. The van der Waals surface area contributed by atoms with Gasteiger partial charge in [-0.1, -0.05) is 86.3 Å². The molecule has 0 aliphatic carbocycles. The van der Waals surface area contributed by atoms with Gasteiger partial charge in [-0.05, 0) is 104 Å². The number of imidazole rings is 2. The summed E-state index contributed by atoms with van der Waals surface area (Å²) in [6, 6.07) is 24.4. The number of rotatable bonds is 16. The van der Waals surface area contributed by atoms with Crippen molar-refractivity contribution in [1.29, 1.82) is 0 Å². The predicted molar refractivity (Wildman–Crippen MR) is 250 cm³/mol. The molecule has 4 heterocycles. The number of unbranched alkanes of at least 4 members (excludes halogenated alkanes) is 2. The Bertz CT molecular complexity index is 2980. The molecule has 0 saturated carbocycles. The summed E-state index contributed by atoms with van der Waals surface area (Å²) in [7, 11) is 0. The van der Waals surface area contributed by atoms with Crippen molar-refractivity contribution in [2.45, 2.75) is 65.5 Å². The molecule has 16 nitrogen and oxygen atoms in total. The quantitative estimate of drug-likeness (QED) is 0.133. The summed E-state index contributed by atoms with van der Waals surface area (Å²) in [5, 5.41) is 52.6. The summed E-state index contributed by atoms with van der Waals surface area (Å²) in [6.45, 7) is 4.72. The number of aryl methyl sites for hydroxylation is 2. The van der Waals surface area contributed by atoms with Gasteiger partial charge >= 0.3 is 71.1 Å². The first kappa shape index (κ1) is 54.6. The van der Waals surface area contributed by atoms with Gasteiger partial charge in [-0.3, -0.25) is 0 Å². The number of hydrogen-bond acceptors (Lipinski definition) is 10. The van der Waals surface area contributed by atoms with Crippen molar-refractivity contribution >= 4 is 101 Å². The Labute approximate surface area is 460 Å². The van der Waals surface area contributed by atoms with E-state index in [1.165, 1.54) is 12.1 Å². The zero-order valence-corrected chi connectivity index (χ0v) is 45.9. The fourth-order valence-corrected chi connectivity index (χ4v) is 9.08. The predicted octanol–water partition coefficient (Wildman–Crippen LogP) is 2.19. The third kappa shape index (κ3) is 11.6. The summed E-state index contributed by atoms with van der Waals surface area (Å²) in [5.41, 5.74) is 3.67. The first-order valence-corrected chi connectivity index (χ1v) is 22.9. The minimum absolute atomic E-state index is 0. The molecule has 8 aromatic rings. The molecule has 0 amide bonds. The molecule has 22 heteroatoms. The van der Waals surface area contributed by atoms with Crippen LogP contribution in [-0.4, -0.2) is 72.8 Å². The van der Waals surface area contributed by atoms with Gasteiger partial charge in [0, 0.05) is 23.6 Å². The number of aromatic carboxylic acids is 4. The van der Waals surface area contributed by atoms with E-state index < -0.39 is 23.9 Å². The van der Waals surface area contributed by atoms with Crippen molar-refractivity contribution in [1.82, 2.24) is 38.7 Å². The summed E-state index contributed by atoms with van der Waals surface area (Å²) in [6.07, 6.45) is 4.75. The van der Waals surface area contributed by atoms with Crippen LogP contribution in [-0.2, 0) is 25.9 Å². The van der Waals surface area contributed by atoms with E-state index in [9.17, 15) is 39.6 Å². The smallest absolute Gasteiger partial charge is 0.543 e. The standard InChI is InChI=1S/2C23H20BrClN4O4.2Na/c2*1-2-3-8-18-26-19(23(32)33)21(25)28(18)12-13-9-10-16-15(11-13)20(24)29(27-16)17-7-5-4-6-14(17)22(30)31;;/h2*4-7,9-11H,2-3,8,12H2,1H3,(H,30,31)(H,32,33);;/q;;2*+1/p-2. The van der Waals surface area contributed by atoms with Gasteiger partial charge in [0.25, 0.3) is 0 Å². The largest absolute Gasteiger partial charge is 1.00 e. The molecule has 2 N–H and O–H groups in total. The average molecular weight is 1110 g/mol. The minimum Gasteiger partial charge on any atom is -0.543 e. The van der Waals surface area contributed by atoms with Crippen molar-refractivity contribution in [3.8, 4) is 11.4 Å². The van der Waals surface area contributed by atoms with Gasteiger partial charge in [-0.15, -0.1) is 0 Å². The Hall–Kier alpha value is -4.34. The maximum atomic E-state index is 11.6. The van der Waals surface area contributed by atoms with Crippen molar-refractivity contribution in [2.75, 3.05) is 0 Å². The fraction of sp³-hybridized carbons (Fsp3) is 0.217. The maximum absolute atomic E-state index is 11.6. The van der Waals surface area contributed by atoms with Crippen LogP contribution in [0.25, 0.3) is 33.2 Å². The van der Waals surface area contributed by atoms with E-state index in [4.69, 9.17) is 23.2 Å². The molecular weight excluding hydrogens is 1070 g/mol. The monoisotopic (exact) mass is 1100 g/mol. The van der Waals surface area contributed by atoms with Crippen LogP contribution >= 0.6 is 55.1 Å². The van der Waals surface area contributed by atoms with Crippen LogP contribution in [0.3, 0.4) is 0 Å². The molecule has 8 rings (SSSR count). The summed E-state index contributed by atoms with van der Waals surface area (Å²) in [5.74, 6) is -3.73. The fourth-order valence-electron chi connectivity index (χ4n) is 7.35. The zero-order chi connectivity index (χ0) is 47.4. The van der Waals surface area contributed by atoms with Crippen molar-refractivity contribution in [3.05, 3.63) is 150 Å². The van der Waals surface area contributed by atoms with E-state index in [0.717, 1.165) is 47.6 Å². The van der Waals surface area contributed by atoms with Crippen LogP contribution in [0.2, 0.25) is 10.3 Å². The Morgan fingerprint density at radius 1 is 0.603 bits per heavy atom.